The summed E-state index contributed by atoms with van der Waals surface area (Å²) in [5.41, 5.74) is -2.50. The fraction of sp³-hybridized carbons (Fsp3) is 0.741. The Bertz CT molecular complexity index is 866. The third-order valence-electron chi connectivity index (χ3n) is 8.03. The zero-order valence-electron chi connectivity index (χ0n) is 21.9. The number of ether oxygens (including phenoxy) is 2. The van der Waals surface area contributed by atoms with Crippen molar-refractivity contribution in [2.75, 3.05) is 19.8 Å². The highest BCUT2D eigenvalue weighted by Crippen LogP contribution is 2.64. The fourth-order valence-electron chi connectivity index (χ4n) is 6.32. The molecule has 2 bridgehead atoms. The lowest BCUT2D eigenvalue weighted by molar-refractivity contribution is -0.164. The van der Waals surface area contributed by atoms with E-state index in [2.05, 4.69) is 13.2 Å². The number of hydrogen-bond donors (Lipinski definition) is 1. The van der Waals surface area contributed by atoms with Crippen LogP contribution in [0.25, 0.3) is 0 Å². The van der Waals surface area contributed by atoms with Crippen LogP contribution in [0, 0.1) is 11.8 Å². The quantitative estimate of drug-likeness (QED) is 0.272. The summed E-state index contributed by atoms with van der Waals surface area (Å²) in [4.78, 5) is 44.8. The van der Waals surface area contributed by atoms with E-state index in [1.54, 1.807) is 24.0 Å². The molecule has 0 radical (unpaired) electrons. The van der Waals surface area contributed by atoms with Crippen LogP contribution < -0.4 is 0 Å². The predicted molar refractivity (Wildman–Crippen MR) is 132 cm³/mol. The van der Waals surface area contributed by atoms with E-state index < -0.39 is 46.6 Å². The second kappa shape index (κ2) is 10.1. The summed E-state index contributed by atoms with van der Waals surface area (Å²) in [6.07, 6.45) is 6.42. The van der Waals surface area contributed by atoms with Crippen LogP contribution in [0.3, 0.4) is 0 Å². The number of unbranched alkanes of at least 4 members (excludes halogenated alkanes) is 1. The molecule has 0 saturated carbocycles. The van der Waals surface area contributed by atoms with Crippen LogP contribution in [0.1, 0.15) is 66.7 Å². The number of carbonyl (C=O) groups excluding carboxylic acids is 3. The molecule has 0 aromatic rings. The third-order valence-corrected chi connectivity index (χ3v) is 8.03. The summed E-state index contributed by atoms with van der Waals surface area (Å²) in [5.74, 6) is -2.62. The Hall–Kier alpha value is -2.19. The maximum absolute atomic E-state index is 14.2. The average Bonchev–Trinajstić information content (AvgIpc) is 3.42. The minimum Gasteiger partial charge on any atom is -0.465 e. The Morgan fingerprint density at radius 3 is 2.54 bits per heavy atom. The summed E-state index contributed by atoms with van der Waals surface area (Å²) >= 11 is 0. The molecule has 3 aliphatic heterocycles. The number of rotatable bonds is 11. The van der Waals surface area contributed by atoms with Gasteiger partial charge in [0.1, 0.15) is 17.6 Å². The van der Waals surface area contributed by atoms with Crippen molar-refractivity contribution in [3.05, 3.63) is 25.3 Å². The van der Waals surface area contributed by atoms with Gasteiger partial charge in [-0.15, -0.1) is 13.2 Å². The number of likely N-dealkylation sites (tertiary alicyclic amines) is 1. The smallest absolute Gasteiger partial charge is 0.312 e. The number of amides is 2. The SMILES string of the molecule is C=CCCCOC(=O)[C@@H]1[C@H]2C(=O)N([C@H](C)CO)C(C(=O)N(CC=C)C(C)(C)C)C23CC[C@@]1(CC)O3. The number of hydrogen-bond acceptors (Lipinski definition) is 6. The van der Waals surface area contributed by atoms with Crippen molar-refractivity contribution in [3.63, 3.8) is 0 Å². The number of esters is 1. The Morgan fingerprint density at radius 2 is 2.00 bits per heavy atom. The van der Waals surface area contributed by atoms with Crippen LogP contribution in [0.2, 0.25) is 0 Å². The summed E-state index contributed by atoms with van der Waals surface area (Å²) in [6.45, 7) is 17.2. The molecule has 35 heavy (non-hydrogen) atoms. The number of nitrogens with zero attached hydrogens (tertiary/aromatic N) is 2. The van der Waals surface area contributed by atoms with E-state index in [1.807, 2.05) is 27.7 Å². The van der Waals surface area contributed by atoms with Gasteiger partial charge in [0.2, 0.25) is 11.8 Å². The molecule has 8 nitrogen and oxygen atoms in total. The van der Waals surface area contributed by atoms with Crippen LogP contribution in [-0.2, 0) is 23.9 Å². The summed E-state index contributed by atoms with van der Waals surface area (Å²) in [7, 11) is 0. The van der Waals surface area contributed by atoms with Gasteiger partial charge in [-0.3, -0.25) is 14.4 Å². The van der Waals surface area contributed by atoms with Gasteiger partial charge in [0, 0.05) is 12.1 Å². The minimum atomic E-state index is -1.14. The second-order valence-electron chi connectivity index (χ2n) is 11.1. The Morgan fingerprint density at radius 1 is 1.31 bits per heavy atom. The molecule has 0 aromatic carbocycles. The number of carbonyl (C=O) groups is 3. The van der Waals surface area contributed by atoms with E-state index in [0.717, 1.165) is 6.42 Å². The normalized spacial score (nSPS) is 32.3. The molecule has 8 heteroatoms. The molecule has 1 spiro atoms. The van der Waals surface area contributed by atoms with Gasteiger partial charge in [-0.1, -0.05) is 19.1 Å². The van der Waals surface area contributed by atoms with Crippen molar-refractivity contribution >= 4 is 17.8 Å². The van der Waals surface area contributed by atoms with Gasteiger partial charge in [-0.05, 0) is 59.8 Å². The average molecular weight is 491 g/mol. The zero-order chi connectivity index (χ0) is 26.2. The number of fused-ring (bicyclic) bond motifs is 1. The van der Waals surface area contributed by atoms with E-state index in [0.29, 0.717) is 32.2 Å². The van der Waals surface area contributed by atoms with Gasteiger partial charge in [0.15, 0.2) is 0 Å². The molecule has 1 N–H and O–H groups in total. The van der Waals surface area contributed by atoms with Gasteiger partial charge in [0.25, 0.3) is 0 Å². The maximum Gasteiger partial charge on any atom is 0.312 e. The molecule has 2 amide bonds. The van der Waals surface area contributed by atoms with Crippen LogP contribution in [-0.4, -0.2) is 81.3 Å². The van der Waals surface area contributed by atoms with Gasteiger partial charge in [0.05, 0.1) is 30.8 Å². The molecule has 3 fully saturated rings. The van der Waals surface area contributed by atoms with Crippen molar-refractivity contribution in [2.45, 2.75) is 95.5 Å². The number of aliphatic hydroxyl groups excluding tert-OH is 1. The fourth-order valence-corrected chi connectivity index (χ4v) is 6.32. The summed E-state index contributed by atoms with van der Waals surface area (Å²) in [5, 5.41) is 10.0. The minimum absolute atomic E-state index is 0.241. The van der Waals surface area contributed by atoms with Crippen molar-refractivity contribution in [1.29, 1.82) is 0 Å². The predicted octanol–water partition coefficient (Wildman–Crippen LogP) is 2.84. The topological polar surface area (TPSA) is 96.4 Å². The van der Waals surface area contributed by atoms with E-state index in [4.69, 9.17) is 9.47 Å². The maximum atomic E-state index is 14.2. The second-order valence-corrected chi connectivity index (χ2v) is 11.1. The third kappa shape index (κ3) is 4.33. The van der Waals surface area contributed by atoms with Crippen molar-refractivity contribution in [2.24, 2.45) is 11.8 Å². The van der Waals surface area contributed by atoms with E-state index in [-0.39, 0.29) is 25.0 Å². The van der Waals surface area contributed by atoms with Crippen LogP contribution in [0.4, 0.5) is 0 Å². The largest absolute Gasteiger partial charge is 0.465 e. The van der Waals surface area contributed by atoms with E-state index >= 15 is 0 Å². The van der Waals surface area contributed by atoms with E-state index in [9.17, 15) is 19.5 Å². The molecule has 196 valence electrons. The molecule has 0 aliphatic carbocycles. The lowest BCUT2D eigenvalue weighted by atomic mass is 9.65. The molecule has 3 heterocycles. The molecule has 6 atom stereocenters. The molecular formula is C27H42N2O6. The van der Waals surface area contributed by atoms with Crippen LogP contribution in [0.15, 0.2) is 25.3 Å². The highest BCUT2D eigenvalue weighted by atomic mass is 16.6. The molecule has 2 unspecified atom stereocenters. The Kier molecular flexibility index (Phi) is 7.87. The van der Waals surface area contributed by atoms with Crippen molar-refractivity contribution in [1.82, 2.24) is 9.80 Å². The molecular weight excluding hydrogens is 448 g/mol. The standard InChI is InChI=1S/C27H42N2O6/c1-8-11-12-16-34-24(33)20-19-22(31)29(18(4)17-30)21(23(32)28(15-9-2)25(5,6)7)27(19)14-13-26(20,10-3)35-27/h8-9,18-21,30H,1-2,10-17H2,3-7H3/t18-,19+,20+,21?,26-,27?/m1/s1. The van der Waals surface area contributed by atoms with Gasteiger partial charge >= 0.3 is 5.97 Å². The Balaban J connectivity index is 2.07. The highest BCUT2D eigenvalue weighted by Gasteiger charge is 2.79. The lowest BCUT2D eigenvalue weighted by Gasteiger charge is -2.43. The van der Waals surface area contributed by atoms with Gasteiger partial charge in [-0.25, -0.2) is 0 Å². The molecule has 3 rings (SSSR count). The van der Waals surface area contributed by atoms with Crippen LogP contribution >= 0.6 is 0 Å². The monoisotopic (exact) mass is 490 g/mol. The summed E-state index contributed by atoms with van der Waals surface area (Å²) in [6, 6.07) is -1.54. The first-order valence-electron chi connectivity index (χ1n) is 12.8. The Labute approximate surface area is 209 Å². The van der Waals surface area contributed by atoms with Gasteiger partial charge in [-0.2, -0.15) is 0 Å². The first-order chi connectivity index (χ1) is 16.5. The van der Waals surface area contributed by atoms with Crippen molar-refractivity contribution in [3.8, 4) is 0 Å². The van der Waals surface area contributed by atoms with Gasteiger partial charge < -0.3 is 24.4 Å². The summed E-state index contributed by atoms with van der Waals surface area (Å²) < 4.78 is 12.3. The van der Waals surface area contributed by atoms with Crippen LogP contribution in [0.5, 0.6) is 0 Å². The number of aliphatic hydroxyl groups is 1. The van der Waals surface area contributed by atoms with Crippen molar-refractivity contribution < 1.29 is 29.0 Å². The zero-order valence-corrected chi connectivity index (χ0v) is 21.9. The highest BCUT2D eigenvalue weighted by molar-refractivity contribution is 5.99. The first kappa shape index (κ1) is 27.4. The lowest BCUT2D eigenvalue weighted by Crippen LogP contribution is -2.61. The van der Waals surface area contributed by atoms with E-state index in [1.165, 1.54) is 4.90 Å². The molecule has 3 aliphatic rings. The molecule has 3 saturated heterocycles. The number of allylic oxidation sites excluding steroid dienone is 1. The first-order valence-corrected chi connectivity index (χ1v) is 12.8. The molecule has 0 aromatic heterocycles.